The second-order valence-corrected chi connectivity index (χ2v) is 5.86. The predicted octanol–water partition coefficient (Wildman–Crippen LogP) is 3.79. The number of hydrogen-bond acceptors (Lipinski definition) is 3. The molecule has 1 aliphatic rings. The molecule has 0 aromatic carbocycles. The van der Waals surface area contributed by atoms with Crippen molar-refractivity contribution in [1.29, 1.82) is 0 Å². The van der Waals surface area contributed by atoms with Gasteiger partial charge in [-0.3, -0.25) is 4.90 Å². The van der Waals surface area contributed by atoms with E-state index in [4.69, 9.17) is 34.8 Å². The fraction of sp³-hybridized carbons (Fsp3) is 0.615. The van der Waals surface area contributed by atoms with E-state index in [1.807, 2.05) is 0 Å². The van der Waals surface area contributed by atoms with Crippen LogP contribution in [0.1, 0.15) is 31.4 Å². The number of nitrogens with zero attached hydrogens (tertiary/aromatic N) is 2. The van der Waals surface area contributed by atoms with E-state index >= 15 is 0 Å². The Bertz CT molecular complexity index is 433. The Morgan fingerprint density at radius 1 is 1.32 bits per heavy atom. The van der Waals surface area contributed by atoms with Gasteiger partial charge in [-0.2, -0.15) is 0 Å². The van der Waals surface area contributed by atoms with Gasteiger partial charge in [-0.15, -0.1) is 0 Å². The minimum absolute atomic E-state index is 0.215. The summed E-state index contributed by atoms with van der Waals surface area (Å²) in [5.41, 5.74) is 0.923. The van der Waals surface area contributed by atoms with Crippen LogP contribution in [0.3, 0.4) is 0 Å². The second kappa shape index (κ2) is 7.09. The maximum absolute atomic E-state index is 6.33. The molecular formula is C13H18Cl3N3. The molecule has 6 heteroatoms. The zero-order chi connectivity index (χ0) is 13.8. The number of halogens is 3. The molecule has 0 amide bonds. The van der Waals surface area contributed by atoms with Crippen molar-refractivity contribution in [3.05, 3.63) is 27.0 Å². The Morgan fingerprint density at radius 3 is 2.63 bits per heavy atom. The number of aromatic nitrogens is 1. The summed E-state index contributed by atoms with van der Waals surface area (Å²) in [6, 6.07) is 0.215. The fourth-order valence-corrected chi connectivity index (χ4v) is 3.28. The quantitative estimate of drug-likeness (QED) is 0.855. The van der Waals surface area contributed by atoms with Crippen molar-refractivity contribution < 1.29 is 0 Å². The number of pyridine rings is 1. The van der Waals surface area contributed by atoms with E-state index in [2.05, 4.69) is 22.1 Å². The van der Waals surface area contributed by atoms with Crippen molar-refractivity contribution in [3.63, 3.8) is 0 Å². The molecule has 1 aromatic rings. The van der Waals surface area contributed by atoms with Crippen LogP contribution in [-0.2, 0) is 0 Å². The first kappa shape index (κ1) is 15.3. The number of hydrogen-bond donors (Lipinski definition) is 1. The summed E-state index contributed by atoms with van der Waals surface area (Å²) in [6.07, 6.45) is 3.68. The largest absolute Gasteiger partial charge is 0.314 e. The zero-order valence-corrected chi connectivity index (χ0v) is 13.2. The summed E-state index contributed by atoms with van der Waals surface area (Å²) in [6.45, 7) is 6.15. The molecule has 3 nitrogen and oxygen atoms in total. The lowest BCUT2D eigenvalue weighted by atomic mass is 10.0. The van der Waals surface area contributed by atoms with Gasteiger partial charge in [0.1, 0.15) is 5.15 Å². The van der Waals surface area contributed by atoms with Crippen molar-refractivity contribution in [2.75, 3.05) is 26.2 Å². The number of rotatable bonds is 4. The molecule has 1 aromatic heterocycles. The van der Waals surface area contributed by atoms with Crippen molar-refractivity contribution in [2.45, 2.75) is 25.8 Å². The maximum atomic E-state index is 6.33. The van der Waals surface area contributed by atoms with Crippen molar-refractivity contribution in [2.24, 2.45) is 0 Å². The highest BCUT2D eigenvalue weighted by Gasteiger charge is 2.26. The molecule has 0 saturated carbocycles. The van der Waals surface area contributed by atoms with Crippen LogP contribution in [0.25, 0.3) is 0 Å². The van der Waals surface area contributed by atoms with E-state index in [1.54, 1.807) is 6.20 Å². The molecule has 106 valence electrons. The first-order valence-electron chi connectivity index (χ1n) is 6.59. The maximum Gasteiger partial charge on any atom is 0.148 e. The highest BCUT2D eigenvalue weighted by molar-refractivity contribution is 6.43. The van der Waals surface area contributed by atoms with Crippen LogP contribution < -0.4 is 5.32 Å². The van der Waals surface area contributed by atoms with Crippen molar-refractivity contribution in [3.8, 4) is 0 Å². The average Bonchev–Trinajstić information content (AvgIpc) is 2.43. The Balaban J connectivity index is 2.35. The number of nitrogens with one attached hydrogen (secondary N) is 1. The lowest BCUT2D eigenvalue weighted by Crippen LogP contribution is -2.45. The van der Waals surface area contributed by atoms with Crippen LogP contribution in [0, 0.1) is 0 Å². The standard InChI is InChI=1S/C13H18Cl3N3/c1-2-3-10(19-6-4-17-5-7-19)11-9(14)8-18-13(16)12(11)15/h8,10,17H,2-7H2,1H3/t10-/m0/s1. The SMILES string of the molecule is CCC[C@@H](c1c(Cl)cnc(Cl)c1Cl)N1CCNCC1. The molecule has 0 radical (unpaired) electrons. The molecule has 0 unspecified atom stereocenters. The lowest BCUT2D eigenvalue weighted by molar-refractivity contribution is 0.164. The molecular weight excluding hydrogens is 305 g/mol. The monoisotopic (exact) mass is 321 g/mol. The highest BCUT2D eigenvalue weighted by atomic mass is 35.5. The van der Waals surface area contributed by atoms with Crippen LogP contribution in [0.4, 0.5) is 0 Å². The highest BCUT2D eigenvalue weighted by Crippen LogP contribution is 2.38. The van der Waals surface area contributed by atoms with Crippen LogP contribution in [-0.4, -0.2) is 36.1 Å². The van der Waals surface area contributed by atoms with Crippen LogP contribution in [0.5, 0.6) is 0 Å². The number of piperazine rings is 1. The van der Waals surface area contributed by atoms with Gasteiger partial charge in [0.25, 0.3) is 0 Å². The molecule has 1 saturated heterocycles. The molecule has 2 rings (SSSR count). The normalized spacial score (nSPS) is 18.5. The summed E-state index contributed by atoms with van der Waals surface area (Å²) in [7, 11) is 0. The predicted molar refractivity (Wildman–Crippen MR) is 81.4 cm³/mol. The minimum atomic E-state index is 0.215. The third-order valence-electron chi connectivity index (χ3n) is 3.45. The minimum Gasteiger partial charge on any atom is -0.314 e. The molecule has 2 heterocycles. The van der Waals surface area contributed by atoms with Gasteiger partial charge in [-0.25, -0.2) is 4.98 Å². The Labute approximate surface area is 129 Å². The smallest absolute Gasteiger partial charge is 0.148 e. The van der Waals surface area contributed by atoms with Crippen molar-refractivity contribution in [1.82, 2.24) is 15.2 Å². The van der Waals surface area contributed by atoms with E-state index in [0.717, 1.165) is 44.6 Å². The topological polar surface area (TPSA) is 28.2 Å². The van der Waals surface area contributed by atoms with Crippen molar-refractivity contribution >= 4 is 34.8 Å². The third kappa shape index (κ3) is 3.53. The van der Waals surface area contributed by atoms with Gasteiger partial charge in [0.15, 0.2) is 0 Å². The van der Waals surface area contributed by atoms with E-state index in [-0.39, 0.29) is 6.04 Å². The first-order valence-corrected chi connectivity index (χ1v) is 7.72. The Hall–Kier alpha value is -0.0600. The summed E-state index contributed by atoms with van der Waals surface area (Å²) in [4.78, 5) is 6.42. The molecule has 0 spiro atoms. The summed E-state index contributed by atoms with van der Waals surface area (Å²) in [5, 5.41) is 4.78. The lowest BCUT2D eigenvalue weighted by Gasteiger charge is -2.36. The Kier molecular flexibility index (Phi) is 5.72. The molecule has 0 bridgehead atoms. The van der Waals surface area contributed by atoms with E-state index in [0.29, 0.717) is 15.2 Å². The first-order chi connectivity index (χ1) is 9.15. The van der Waals surface area contributed by atoms with Gasteiger partial charge in [0.05, 0.1) is 10.0 Å². The van der Waals surface area contributed by atoms with Crippen LogP contribution in [0.15, 0.2) is 6.20 Å². The second-order valence-electron chi connectivity index (χ2n) is 4.72. The molecule has 1 atom stereocenters. The molecule has 19 heavy (non-hydrogen) atoms. The average molecular weight is 323 g/mol. The van der Waals surface area contributed by atoms with Gasteiger partial charge in [0.2, 0.25) is 0 Å². The third-order valence-corrected chi connectivity index (χ3v) is 4.52. The van der Waals surface area contributed by atoms with Crippen LogP contribution in [0.2, 0.25) is 15.2 Å². The zero-order valence-electron chi connectivity index (χ0n) is 10.9. The summed E-state index contributed by atoms with van der Waals surface area (Å²) >= 11 is 18.7. The molecule has 0 aliphatic carbocycles. The summed E-state index contributed by atoms with van der Waals surface area (Å²) < 4.78 is 0. The molecule has 1 N–H and O–H groups in total. The summed E-state index contributed by atoms with van der Waals surface area (Å²) in [5.74, 6) is 0. The van der Waals surface area contributed by atoms with Gasteiger partial charge in [0, 0.05) is 44.0 Å². The Morgan fingerprint density at radius 2 is 2.00 bits per heavy atom. The molecule has 1 aliphatic heterocycles. The van der Waals surface area contributed by atoms with Gasteiger partial charge in [-0.05, 0) is 6.42 Å². The van der Waals surface area contributed by atoms with E-state index < -0.39 is 0 Å². The van der Waals surface area contributed by atoms with Gasteiger partial charge >= 0.3 is 0 Å². The van der Waals surface area contributed by atoms with E-state index in [1.165, 1.54) is 0 Å². The molecule has 1 fully saturated rings. The van der Waals surface area contributed by atoms with E-state index in [9.17, 15) is 0 Å². The van der Waals surface area contributed by atoms with Crippen LogP contribution >= 0.6 is 34.8 Å². The van der Waals surface area contributed by atoms with Gasteiger partial charge in [-0.1, -0.05) is 48.1 Å². The van der Waals surface area contributed by atoms with Gasteiger partial charge < -0.3 is 5.32 Å². The fourth-order valence-electron chi connectivity index (χ4n) is 2.54.